The molecule has 2 aliphatic rings. The van der Waals surface area contributed by atoms with E-state index < -0.39 is 0 Å². The molecule has 4 nitrogen and oxygen atoms in total. The number of fused-ring (bicyclic) bond motifs is 15. The van der Waals surface area contributed by atoms with Gasteiger partial charge >= 0.3 is 0 Å². The third-order valence-corrected chi connectivity index (χ3v) is 14.0. The fraction of sp³-hybridized carbons (Fsp3) is 0.0161. The lowest BCUT2D eigenvalue weighted by Gasteiger charge is -2.30. The van der Waals surface area contributed by atoms with E-state index in [2.05, 4.69) is 255 Å². The van der Waals surface area contributed by atoms with Crippen molar-refractivity contribution in [3.8, 4) is 55.9 Å². The van der Waals surface area contributed by atoms with Gasteiger partial charge in [-0.05, 0) is 99.6 Å². The van der Waals surface area contributed by atoms with Gasteiger partial charge in [-0.25, -0.2) is 0 Å². The molecule has 0 fully saturated rings. The van der Waals surface area contributed by atoms with Crippen LogP contribution in [0, 0.1) is 0 Å². The number of rotatable bonds is 4. The molecule has 0 atom stereocenters. The lowest BCUT2D eigenvalue weighted by atomic mass is 9.79. The smallest absolute Gasteiger partial charge is 0.235 e. The molecule has 0 radical (unpaired) electrons. The van der Waals surface area contributed by atoms with Crippen LogP contribution in [0.1, 0.15) is 0 Å². The normalized spacial score (nSPS) is 12.8. The Morgan fingerprint density at radius 1 is 0.318 bits per heavy atom. The Bertz CT molecular complexity index is 3910. The summed E-state index contributed by atoms with van der Waals surface area (Å²) in [6.07, 6.45) is 2.32. The monoisotopic (exact) mass is 841 g/mol. The van der Waals surface area contributed by atoms with Gasteiger partial charge in [0.2, 0.25) is 11.4 Å². The van der Waals surface area contributed by atoms with Gasteiger partial charge in [-0.2, -0.15) is 4.58 Å². The Morgan fingerprint density at radius 3 is 1.53 bits per heavy atom. The highest BCUT2D eigenvalue weighted by molar-refractivity contribution is 6.14. The number of hydrogen-bond acceptors (Lipinski definition) is 1. The zero-order valence-electron chi connectivity index (χ0n) is 36.0. The molecular formula is C62H41N4+. The number of anilines is 2. The van der Waals surface area contributed by atoms with E-state index in [0.717, 1.165) is 29.3 Å². The molecule has 0 unspecified atom stereocenters. The van der Waals surface area contributed by atoms with Crippen molar-refractivity contribution < 1.29 is 0 Å². The molecule has 4 heteroatoms. The van der Waals surface area contributed by atoms with Gasteiger partial charge in [0, 0.05) is 56.7 Å². The summed E-state index contributed by atoms with van der Waals surface area (Å²) in [6.45, 7) is 0.731. The maximum atomic E-state index is 2.52. The maximum absolute atomic E-state index is 2.52. The fourth-order valence-electron chi connectivity index (χ4n) is 11.2. The Hall–Kier alpha value is -8.73. The van der Waals surface area contributed by atoms with Crippen LogP contribution in [0.5, 0.6) is 0 Å². The summed E-state index contributed by atoms with van der Waals surface area (Å²) in [5.41, 5.74) is 21.4. The first-order chi connectivity index (χ1) is 32.8. The fourth-order valence-corrected chi connectivity index (χ4v) is 11.2. The third kappa shape index (κ3) is 5.36. The van der Waals surface area contributed by atoms with Crippen LogP contribution in [0.15, 0.2) is 231 Å². The highest BCUT2D eigenvalue weighted by atomic mass is 15.2. The molecule has 10 aromatic carbocycles. The predicted molar refractivity (Wildman–Crippen MR) is 278 cm³/mol. The minimum absolute atomic E-state index is 0.731. The summed E-state index contributed by atoms with van der Waals surface area (Å²) in [7, 11) is 0. The van der Waals surface area contributed by atoms with E-state index >= 15 is 0 Å². The Balaban J connectivity index is 1.07. The minimum Gasteiger partial charge on any atom is -0.326 e. The summed E-state index contributed by atoms with van der Waals surface area (Å²) in [4.78, 5) is 2.46. The molecule has 3 heterocycles. The van der Waals surface area contributed by atoms with E-state index in [1.165, 1.54) is 99.5 Å². The molecule has 1 aliphatic heterocycles. The lowest BCUT2D eigenvalue weighted by molar-refractivity contribution is 1.000. The van der Waals surface area contributed by atoms with Crippen molar-refractivity contribution in [1.82, 2.24) is 13.7 Å². The molecule has 0 saturated carbocycles. The quantitative estimate of drug-likeness (QED) is 0.161. The number of benzene rings is 10. The molecule has 14 rings (SSSR count). The second-order valence-corrected chi connectivity index (χ2v) is 17.4. The van der Waals surface area contributed by atoms with Gasteiger partial charge in [0.05, 0.1) is 27.8 Å². The van der Waals surface area contributed by atoms with E-state index in [1.54, 1.807) is 0 Å². The first-order valence-corrected chi connectivity index (χ1v) is 22.8. The van der Waals surface area contributed by atoms with Crippen LogP contribution in [-0.2, 0) is 0 Å². The second kappa shape index (κ2) is 14.4. The van der Waals surface area contributed by atoms with Crippen LogP contribution in [0.3, 0.4) is 0 Å². The molecule has 0 saturated heterocycles. The standard InChI is InChI=1S/C62H41N4/c1-3-18-41(19-4-1)63-36-37-64(42-20-5-2-6-21-42)61-40-53-51-29-17-33-59(62(51)50-28-10-9-23-45(50)44-22-7-8-24-46(44)52(53)39-60(61)63)66-57-32-16-13-27-49(57)54-38-43(34-35-58(54)66)65-55-30-14-11-25-47(55)48-26-12-15-31-56(48)65/h1-36,38-40H,37H2/q+1. The molecule has 308 valence electrons. The predicted octanol–water partition coefficient (Wildman–Crippen LogP) is 15.9. The second-order valence-electron chi connectivity index (χ2n) is 17.4. The Kier molecular flexibility index (Phi) is 8.01. The number of hydrogen-bond donors (Lipinski definition) is 0. The number of aromatic nitrogens is 2. The molecule has 1 aliphatic carbocycles. The summed E-state index contributed by atoms with van der Waals surface area (Å²) in [5.74, 6) is 0. The molecule has 0 amide bonds. The molecule has 2 aromatic heterocycles. The van der Waals surface area contributed by atoms with Gasteiger partial charge in [0.25, 0.3) is 0 Å². The van der Waals surface area contributed by atoms with Crippen LogP contribution < -0.4 is 9.48 Å². The highest BCUT2D eigenvalue weighted by Crippen LogP contribution is 2.53. The molecule has 0 N–H and O–H groups in total. The molecule has 0 spiro atoms. The van der Waals surface area contributed by atoms with Crippen molar-refractivity contribution in [3.63, 3.8) is 0 Å². The van der Waals surface area contributed by atoms with Crippen LogP contribution in [0.25, 0.3) is 99.5 Å². The van der Waals surface area contributed by atoms with Crippen molar-refractivity contribution in [2.75, 3.05) is 11.4 Å². The van der Waals surface area contributed by atoms with Crippen LogP contribution >= 0.6 is 0 Å². The SMILES string of the molecule is C1=[N+](c2ccccc2)c2cc3c(cc2N(c2ccccc2)C1)-c1cccc(-n2c4ccccc4c4cc(-n5c6ccccc6c6ccccc65)ccc42)c1-c1ccccc1-c1ccccc1-3. The van der Waals surface area contributed by atoms with Crippen molar-refractivity contribution >= 4 is 72.6 Å². The average molecular weight is 842 g/mol. The summed E-state index contributed by atoms with van der Waals surface area (Å²) >= 11 is 0. The topological polar surface area (TPSA) is 16.1 Å². The van der Waals surface area contributed by atoms with Crippen molar-refractivity contribution in [1.29, 1.82) is 0 Å². The van der Waals surface area contributed by atoms with E-state index in [-0.39, 0.29) is 0 Å². The van der Waals surface area contributed by atoms with Crippen LogP contribution in [0.2, 0.25) is 0 Å². The van der Waals surface area contributed by atoms with Crippen molar-refractivity contribution in [3.05, 3.63) is 231 Å². The van der Waals surface area contributed by atoms with Gasteiger partial charge in [0.15, 0.2) is 6.21 Å². The minimum atomic E-state index is 0.731. The Morgan fingerprint density at radius 2 is 0.833 bits per heavy atom. The van der Waals surface area contributed by atoms with E-state index in [1.807, 2.05) is 0 Å². The average Bonchev–Trinajstić information content (AvgIpc) is 3.90. The maximum Gasteiger partial charge on any atom is 0.235 e. The number of para-hydroxylation sites is 5. The summed E-state index contributed by atoms with van der Waals surface area (Å²) in [5, 5.41) is 4.97. The Labute approximate surface area is 382 Å². The molecule has 0 bridgehead atoms. The molecule has 66 heavy (non-hydrogen) atoms. The zero-order valence-corrected chi connectivity index (χ0v) is 36.0. The van der Waals surface area contributed by atoms with Gasteiger partial charge in [0.1, 0.15) is 12.2 Å². The first kappa shape index (κ1) is 36.7. The summed E-state index contributed by atoms with van der Waals surface area (Å²) in [6, 6.07) is 85.0. The van der Waals surface area contributed by atoms with Crippen molar-refractivity contribution in [2.45, 2.75) is 0 Å². The summed E-state index contributed by atoms with van der Waals surface area (Å²) < 4.78 is 7.33. The van der Waals surface area contributed by atoms with E-state index in [0.29, 0.717) is 0 Å². The van der Waals surface area contributed by atoms with Gasteiger partial charge in [-0.1, -0.05) is 152 Å². The lowest BCUT2D eigenvalue weighted by Crippen LogP contribution is -2.29. The van der Waals surface area contributed by atoms with Crippen LogP contribution in [0.4, 0.5) is 22.7 Å². The molecule has 12 aromatic rings. The van der Waals surface area contributed by atoms with Gasteiger partial charge in [-0.15, -0.1) is 0 Å². The third-order valence-electron chi connectivity index (χ3n) is 14.0. The largest absolute Gasteiger partial charge is 0.326 e. The zero-order chi connectivity index (χ0) is 43.3. The van der Waals surface area contributed by atoms with E-state index in [9.17, 15) is 0 Å². The van der Waals surface area contributed by atoms with E-state index in [4.69, 9.17) is 0 Å². The molecular weight excluding hydrogens is 801 g/mol. The van der Waals surface area contributed by atoms with Crippen molar-refractivity contribution in [2.24, 2.45) is 0 Å². The highest BCUT2D eigenvalue weighted by Gasteiger charge is 2.33. The van der Waals surface area contributed by atoms with Gasteiger partial charge in [-0.3, -0.25) is 0 Å². The number of nitrogens with zero attached hydrogens (tertiary/aromatic N) is 4. The van der Waals surface area contributed by atoms with Gasteiger partial charge < -0.3 is 14.0 Å². The first-order valence-electron chi connectivity index (χ1n) is 22.8. The van der Waals surface area contributed by atoms with Crippen LogP contribution in [-0.4, -0.2) is 21.9 Å².